The minimum atomic E-state index is -4.56. The standard InChI is InChI=1S/C16H9ClF3NO2S2/c1-23-15(22)10-7-24-14-11(16(18,19)20)6-12(21-13(10)14)25-9-4-2-8(17)3-5-9/h2-7H,1H3. The van der Waals surface area contributed by atoms with E-state index in [4.69, 9.17) is 11.6 Å². The van der Waals surface area contributed by atoms with E-state index in [0.717, 1.165) is 29.2 Å². The van der Waals surface area contributed by atoms with Crippen molar-refractivity contribution in [3.8, 4) is 0 Å². The molecule has 0 fully saturated rings. The molecule has 3 nitrogen and oxygen atoms in total. The number of fused-ring (bicyclic) bond motifs is 1. The molecule has 0 atom stereocenters. The lowest BCUT2D eigenvalue weighted by molar-refractivity contribution is -0.136. The molecule has 3 aromatic rings. The van der Waals surface area contributed by atoms with Crippen molar-refractivity contribution in [2.75, 3.05) is 7.11 Å². The van der Waals surface area contributed by atoms with Crippen molar-refractivity contribution >= 4 is 50.9 Å². The summed E-state index contributed by atoms with van der Waals surface area (Å²) in [5.74, 6) is -0.722. The Labute approximate surface area is 153 Å². The fraction of sp³-hybridized carbons (Fsp3) is 0.125. The zero-order chi connectivity index (χ0) is 18.2. The molecule has 0 N–H and O–H groups in total. The molecule has 0 aliphatic heterocycles. The Morgan fingerprint density at radius 2 is 1.96 bits per heavy atom. The minimum Gasteiger partial charge on any atom is -0.465 e. The van der Waals surface area contributed by atoms with Gasteiger partial charge in [-0.25, -0.2) is 9.78 Å². The summed E-state index contributed by atoms with van der Waals surface area (Å²) in [5.41, 5.74) is -0.816. The number of hydrogen-bond donors (Lipinski definition) is 0. The topological polar surface area (TPSA) is 39.2 Å². The van der Waals surface area contributed by atoms with E-state index in [1.54, 1.807) is 24.3 Å². The Hall–Kier alpha value is -1.77. The van der Waals surface area contributed by atoms with Crippen molar-refractivity contribution < 1.29 is 22.7 Å². The normalized spacial score (nSPS) is 11.7. The number of ether oxygens (including phenoxy) is 1. The van der Waals surface area contributed by atoms with Crippen molar-refractivity contribution in [2.24, 2.45) is 0 Å². The highest BCUT2D eigenvalue weighted by Crippen LogP contribution is 2.41. The van der Waals surface area contributed by atoms with Crippen LogP contribution in [0, 0.1) is 0 Å². The van der Waals surface area contributed by atoms with Gasteiger partial charge in [-0.05, 0) is 30.3 Å². The molecule has 2 aromatic heterocycles. The number of benzene rings is 1. The molecular formula is C16H9ClF3NO2S2. The number of alkyl halides is 3. The number of esters is 1. The number of thiophene rings is 1. The number of halogens is 4. The Morgan fingerprint density at radius 1 is 1.28 bits per heavy atom. The summed E-state index contributed by atoms with van der Waals surface area (Å²) in [6.45, 7) is 0. The summed E-state index contributed by atoms with van der Waals surface area (Å²) < 4.78 is 44.8. The highest BCUT2D eigenvalue weighted by atomic mass is 35.5. The number of aromatic nitrogens is 1. The van der Waals surface area contributed by atoms with Crippen molar-refractivity contribution in [2.45, 2.75) is 16.1 Å². The Kier molecular flexibility index (Phi) is 4.95. The Bertz CT molecular complexity index is 939. The van der Waals surface area contributed by atoms with Crippen LogP contribution in [0.15, 0.2) is 45.6 Å². The van der Waals surface area contributed by atoms with E-state index < -0.39 is 17.7 Å². The second-order valence-corrected chi connectivity index (χ2v) is 7.29. The zero-order valence-electron chi connectivity index (χ0n) is 12.6. The predicted octanol–water partition coefficient (Wildman–Crippen LogP) is 5.91. The Balaban J connectivity index is 2.15. The summed E-state index contributed by atoms with van der Waals surface area (Å²) >= 11 is 7.68. The van der Waals surface area contributed by atoms with Gasteiger partial charge in [0.05, 0.1) is 28.5 Å². The molecule has 0 saturated carbocycles. The zero-order valence-corrected chi connectivity index (χ0v) is 14.9. The first-order chi connectivity index (χ1) is 11.8. The van der Waals surface area contributed by atoms with E-state index in [1.165, 1.54) is 12.5 Å². The molecule has 0 radical (unpaired) electrons. The van der Waals surface area contributed by atoms with Crippen LogP contribution in [-0.2, 0) is 10.9 Å². The summed E-state index contributed by atoms with van der Waals surface area (Å²) in [7, 11) is 1.17. The minimum absolute atomic E-state index is 0.0110. The average Bonchev–Trinajstić information content (AvgIpc) is 2.98. The lowest BCUT2D eigenvalue weighted by Gasteiger charge is -2.10. The van der Waals surface area contributed by atoms with Crippen molar-refractivity contribution in [3.05, 3.63) is 51.9 Å². The van der Waals surface area contributed by atoms with Gasteiger partial charge < -0.3 is 4.74 Å². The van der Waals surface area contributed by atoms with Crippen LogP contribution in [0.5, 0.6) is 0 Å². The van der Waals surface area contributed by atoms with Crippen molar-refractivity contribution in [3.63, 3.8) is 0 Å². The molecule has 0 spiro atoms. The average molecular weight is 404 g/mol. The fourth-order valence-electron chi connectivity index (χ4n) is 2.13. The first kappa shape index (κ1) is 18.0. The van der Waals surface area contributed by atoms with E-state index in [2.05, 4.69) is 9.72 Å². The quantitative estimate of drug-likeness (QED) is 0.510. The summed E-state index contributed by atoms with van der Waals surface area (Å²) in [6, 6.07) is 7.62. The number of methoxy groups -OCH3 is 1. The molecule has 3 rings (SSSR count). The van der Waals surface area contributed by atoms with Crippen molar-refractivity contribution in [1.82, 2.24) is 4.98 Å². The molecule has 130 valence electrons. The van der Waals surface area contributed by atoms with E-state index in [1.807, 2.05) is 0 Å². The predicted molar refractivity (Wildman–Crippen MR) is 91.5 cm³/mol. The number of hydrogen-bond acceptors (Lipinski definition) is 5. The van der Waals surface area contributed by atoms with Gasteiger partial charge in [0.2, 0.25) is 0 Å². The third kappa shape index (κ3) is 3.75. The SMILES string of the molecule is COC(=O)c1csc2c(C(F)(F)F)cc(Sc3ccc(Cl)cc3)nc12. The number of nitrogens with zero attached hydrogens (tertiary/aromatic N) is 1. The van der Waals surface area contributed by atoms with Gasteiger partial charge in [-0.2, -0.15) is 13.2 Å². The number of pyridine rings is 1. The molecule has 2 heterocycles. The maximum Gasteiger partial charge on any atom is 0.417 e. The second kappa shape index (κ2) is 6.86. The second-order valence-electron chi connectivity index (χ2n) is 4.88. The molecule has 25 heavy (non-hydrogen) atoms. The van der Waals surface area contributed by atoms with Gasteiger partial charge in [0, 0.05) is 15.3 Å². The smallest absolute Gasteiger partial charge is 0.417 e. The summed E-state index contributed by atoms with van der Waals surface area (Å²) in [5, 5.41) is 1.98. The van der Waals surface area contributed by atoms with Gasteiger partial charge in [-0.3, -0.25) is 0 Å². The van der Waals surface area contributed by atoms with E-state index in [0.29, 0.717) is 9.92 Å². The van der Waals surface area contributed by atoms with Crippen LogP contribution < -0.4 is 0 Å². The largest absolute Gasteiger partial charge is 0.465 e. The molecular weight excluding hydrogens is 395 g/mol. The third-order valence-electron chi connectivity index (χ3n) is 3.25. The molecule has 0 aliphatic carbocycles. The molecule has 9 heteroatoms. The van der Waals surface area contributed by atoms with Crippen LogP contribution >= 0.6 is 34.7 Å². The Morgan fingerprint density at radius 3 is 2.56 bits per heavy atom. The fourth-order valence-corrected chi connectivity index (χ4v) is 4.09. The first-order valence-corrected chi connectivity index (χ1v) is 8.88. The lowest BCUT2D eigenvalue weighted by Crippen LogP contribution is -2.07. The number of rotatable bonds is 3. The summed E-state index contributed by atoms with van der Waals surface area (Å²) in [6.07, 6.45) is -4.56. The maximum atomic E-state index is 13.4. The van der Waals surface area contributed by atoms with Gasteiger partial charge in [0.1, 0.15) is 5.03 Å². The van der Waals surface area contributed by atoms with E-state index in [9.17, 15) is 18.0 Å². The number of carbonyl (C=O) groups excluding carboxylic acids is 1. The highest BCUT2D eigenvalue weighted by Gasteiger charge is 2.35. The monoisotopic (exact) mass is 403 g/mol. The van der Waals surface area contributed by atoms with Gasteiger partial charge in [-0.15, -0.1) is 11.3 Å². The van der Waals surface area contributed by atoms with E-state index >= 15 is 0 Å². The maximum absolute atomic E-state index is 13.4. The highest BCUT2D eigenvalue weighted by molar-refractivity contribution is 7.99. The third-order valence-corrected chi connectivity index (χ3v) is 5.43. The van der Waals surface area contributed by atoms with Crippen LogP contribution in [0.4, 0.5) is 13.2 Å². The molecule has 0 saturated heterocycles. The van der Waals surface area contributed by atoms with Crippen LogP contribution in [0.25, 0.3) is 10.2 Å². The summed E-state index contributed by atoms with van der Waals surface area (Å²) in [4.78, 5) is 16.7. The van der Waals surface area contributed by atoms with E-state index in [-0.39, 0.29) is 20.8 Å². The number of carbonyl (C=O) groups is 1. The molecule has 0 amide bonds. The lowest BCUT2D eigenvalue weighted by atomic mass is 10.2. The van der Waals surface area contributed by atoms with Crippen LogP contribution in [0.3, 0.4) is 0 Å². The van der Waals surface area contributed by atoms with Gasteiger partial charge in [0.25, 0.3) is 0 Å². The van der Waals surface area contributed by atoms with Crippen LogP contribution in [-0.4, -0.2) is 18.1 Å². The molecule has 0 unspecified atom stereocenters. The molecule has 0 aliphatic rings. The van der Waals surface area contributed by atoms with Crippen LogP contribution in [0.2, 0.25) is 5.02 Å². The molecule has 1 aromatic carbocycles. The van der Waals surface area contributed by atoms with Gasteiger partial charge in [0.15, 0.2) is 0 Å². The van der Waals surface area contributed by atoms with Crippen LogP contribution in [0.1, 0.15) is 15.9 Å². The van der Waals surface area contributed by atoms with Gasteiger partial charge >= 0.3 is 12.1 Å². The van der Waals surface area contributed by atoms with Crippen molar-refractivity contribution in [1.29, 1.82) is 0 Å². The first-order valence-electron chi connectivity index (χ1n) is 6.81. The molecule has 0 bridgehead atoms. The van der Waals surface area contributed by atoms with Gasteiger partial charge in [-0.1, -0.05) is 23.4 Å².